The van der Waals surface area contributed by atoms with E-state index in [2.05, 4.69) is 70.4 Å². The summed E-state index contributed by atoms with van der Waals surface area (Å²) in [4.78, 5) is 12.5. The second-order valence-electron chi connectivity index (χ2n) is 4.89. The van der Waals surface area contributed by atoms with Crippen LogP contribution >= 0.6 is 47.8 Å². The standard InChI is InChI=1S/C17H23Br3O3/c1-23-17(22)11-7-3-5-9-15(20)16(21)10-6-2-4-8-14(19)12-13-18/h8,12-13,15-16,21H,2-4,6-7,10-11H2,1H3/b13-12-,14-8-/t15-,16-/m0/s1. The highest BCUT2D eigenvalue weighted by Gasteiger charge is 2.12. The topological polar surface area (TPSA) is 46.5 Å². The van der Waals surface area contributed by atoms with Gasteiger partial charge in [0, 0.05) is 17.3 Å². The Balaban J connectivity index is 3.84. The molecule has 0 heterocycles. The largest absolute Gasteiger partial charge is 0.469 e. The molecule has 0 aliphatic rings. The predicted octanol–water partition coefficient (Wildman–Crippen LogP) is 5.21. The normalized spacial score (nSPS) is 14.2. The van der Waals surface area contributed by atoms with Crippen molar-refractivity contribution in [2.45, 2.75) is 55.9 Å². The highest BCUT2D eigenvalue weighted by atomic mass is 79.9. The lowest BCUT2D eigenvalue weighted by atomic mass is 10.1. The summed E-state index contributed by atoms with van der Waals surface area (Å²) in [5, 5.41) is 10.0. The number of allylic oxidation sites excluding steroid dienone is 3. The average molecular weight is 515 g/mol. The highest BCUT2D eigenvalue weighted by molar-refractivity contribution is 9.12. The van der Waals surface area contributed by atoms with Gasteiger partial charge in [-0.25, -0.2) is 0 Å². The minimum absolute atomic E-state index is 0.213. The molecule has 0 aromatic heterocycles. The van der Waals surface area contributed by atoms with E-state index in [-0.39, 0.29) is 10.8 Å². The molecule has 0 saturated carbocycles. The fourth-order valence-corrected chi connectivity index (χ4v) is 3.13. The Labute approximate surface area is 164 Å². The van der Waals surface area contributed by atoms with E-state index < -0.39 is 6.10 Å². The van der Waals surface area contributed by atoms with Gasteiger partial charge >= 0.3 is 5.97 Å². The van der Waals surface area contributed by atoms with Crippen molar-refractivity contribution in [2.24, 2.45) is 0 Å². The lowest BCUT2D eigenvalue weighted by Crippen LogP contribution is -2.18. The lowest BCUT2D eigenvalue weighted by Gasteiger charge is -2.11. The molecule has 0 aromatic carbocycles. The van der Waals surface area contributed by atoms with Crippen LogP contribution in [0.15, 0.2) is 21.6 Å². The van der Waals surface area contributed by atoms with Crippen LogP contribution in [0, 0.1) is 11.8 Å². The number of aliphatic hydroxyl groups is 1. The summed E-state index contributed by atoms with van der Waals surface area (Å²) in [6.45, 7) is 0. The minimum Gasteiger partial charge on any atom is -0.469 e. The maximum Gasteiger partial charge on any atom is 0.305 e. The van der Waals surface area contributed by atoms with Crippen LogP contribution in [0.5, 0.6) is 0 Å². The molecule has 0 rings (SSSR count). The lowest BCUT2D eigenvalue weighted by molar-refractivity contribution is -0.140. The van der Waals surface area contributed by atoms with Crippen molar-refractivity contribution in [3.8, 4) is 11.8 Å². The third kappa shape index (κ3) is 14.0. The molecule has 0 aliphatic heterocycles. The van der Waals surface area contributed by atoms with Crippen molar-refractivity contribution < 1.29 is 14.6 Å². The van der Waals surface area contributed by atoms with Crippen LogP contribution in [0.25, 0.3) is 0 Å². The molecular weight excluding hydrogens is 492 g/mol. The molecule has 0 radical (unpaired) electrons. The van der Waals surface area contributed by atoms with Gasteiger partial charge in [-0.05, 0) is 36.7 Å². The number of carbonyl (C=O) groups is 1. The minimum atomic E-state index is -0.474. The van der Waals surface area contributed by atoms with Gasteiger partial charge in [0.05, 0.1) is 13.2 Å². The van der Waals surface area contributed by atoms with Gasteiger partial charge in [0.15, 0.2) is 0 Å². The van der Waals surface area contributed by atoms with E-state index in [0.29, 0.717) is 25.7 Å². The number of unbranched alkanes of at least 4 members (excludes halogenated alkanes) is 3. The van der Waals surface area contributed by atoms with Gasteiger partial charge in [0.2, 0.25) is 0 Å². The van der Waals surface area contributed by atoms with Crippen molar-refractivity contribution in [3.05, 3.63) is 21.6 Å². The maximum absolute atomic E-state index is 10.9. The first-order chi connectivity index (χ1) is 11.0. The van der Waals surface area contributed by atoms with Crippen LogP contribution in [-0.2, 0) is 9.53 Å². The van der Waals surface area contributed by atoms with E-state index in [1.807, 2.05) is 6.08 Å². The molecule has 23 heavy (non-hydrogen) atoms. The Morgan fingerprint density at radius 1 is 1.35 bits per heavy atom. The molecule has 0 unspecified atom stereocenters. The van der Waals surface area contributed by atoms with Crippen LogP contribution in [0.4, 0.5) is 0 Å². The van der Waals surface area contributed by atoms with E-state index >= 15 is 0 Å². The highest BCUT2D eigenvalue weighted by Crippen LogP contribution is 2.15. The summed E-state index contributed by atoms with van der Waals surface area (Å²) >= 11 is 10.1. The Kier molecular flexibility index (Phi) is 15.4. The van der Waals surface area contributed by atoms with E-state index in [1.54, 1.807) is 4.99 Å². The van der Waals surface area contributed by atoms with E-state index in [4.69, 9.17) is 0 Å². The second kappa shape index (κ2) is 15.4. The maximum atomic E-state index is 10.9. The third-order valence-electron chi connectivity index (χ3n) is 3.00. The Hall–Kier alpha value is -0.0900. The van der Waals surface area contributed by atoms with E-state index in [1.165, 1.54) is 7.11 Å². The molecule has 0 aliphatic carbocycles. The second-order valence-corrected chi connectivity index (χ2v) is 7.32. The van der Waals surface area contributed by atoms with Gasteiger partial charge in [-0.1, -0.05) is 66.2 Å². The zero-order valence-electron chi connectivity index (χ0n) is 13.2. The Morgan fingerprint density at radius 2 is 2.09 bits per heavy atom. The van der Waals surface area contributed by atoms with Crippen LogP contribution < -0.4 is 0 Å². The summed E-state index contributed by atoms with van der Waals surface area (Å²) in [7, 11) is 1.38. The van der Waals surface area contributed by atoms with Gasteiger partial charge in [-0.3, -0.25) is 4.79 Å². The summed E-state index contributed by atoms with van der Waals surface area (Å²) < 4.78 is 5.61. The van der Waals surface area contributed by atoms with Crippen LogP contribution in [-0.4, -0.2) is 29.1 Å². The molecule has 0 fully saturated rings. The van der Waals surface area contributed by atoms with Crippen molar-refractivity contribution in [3.63, 3.8) is 0 Å². The van der Waals surface area contributed by atoms with Crippen molar-refractivity contribution >= 4 is 53.8 Å². The van der Waals surface area contributed by atoms with E-state index in [9.17, 15) is 9.90 Å². The summed E-state index contributed by atoms with van der Waals surface area (Å²) in [6.07, 6.45) is 8.91. The van der Waals surface area contributed by atoms with Gasteiger partial charge in [0.1, 0.15) is 4.83 Å². The van der Waals surface area contributed by atoms with Gasteiger partial charge in [0.25, 0.3) is 0 Å². The Morgan fingerprint density at radius 3 is 2.74 bits per heavy atom. The molecular formula is C17H23Br3O3. The predicted molar refractivity (Wildman–Crippen MR) is 106 cm³/mol. The first-order valence-electron chi connectivity index (χ1n) is 7.51. The number of hydrogen-bond donors (Lipinski definition) is 1. The molecule has 3 nitrogen and oxygen atoms in total. The molecule has 130 valence electrons. The van der Waals surface area contributed by atoms with Gasteiger partial charge < -0.3 is 9.84 Å². The Bertz CT molecular complexity index is 450. The quantitative estimate of drug-likeness (QED) is 0.143. The van der Waals surface area contributed by atoms with Crippen molar-refractivity contribution in [2.75, 3.05) is 7.11 Å². The van der Waals surface area contributed by atoms with Gasteiger partial charge in [-0.2, -0.15) is 0 Å². The zero-order chi connectivity index (χ0) is 17.5. The fraction of sp³-hybridized carbons (Fsp3) is 0.588. The summed E-state index contributed by atoms with van der Waals surface area (Å²) in [5.74, 6) is 5.75. The number of aliphatic hydroxyl groups excluding tert-OH is 1. The first-order valence-corrected chi connectivity index (χ1v) is 10.1. The molecule has 0 bridgehead atoms. The smallest absolute Gasteiger partial charge is 0.305 e. The first kappa shape index (κ1) is 22.9. The van der Waals surface area contributed by atoms with Crippen LogP contribution in [0.2, 0.25) is 0 Å². The molecule has 0 spiro atoms. The molecule has 1 N–H and O–H groups in total. The number of esters is 1. The molecule has 0 aromatic rings. The number of halogens is 3. The van der Waals surface area contributed by atoms with Crippen LogP contribution in [0.1, 0.15) is 44.9 Å². The monoisotopic (exact) mass is 512 g/mol. The molecule has 2 atom stereocenters. The zero-order valence-corrected chi connectivity index (χ0v) is 18.0. The number of methoxy groups -OCH3 is 1. The van der Waals surface area contributed by atoms with Crippen LogP contribution in [0.3, 0.4) is 0 Å². The summed E-state index contributed by atoms with van der Waals surface area (Å²) in [5.41, 5.74) is 0. The molecule has 6 heteroatoms. The number of rotatable bonds is 10. The van der Waals surface area contributed by atoms with Crippen molar-refractivity contribution in [1.82, 2.24) is 0 Å². The van der Waals surface area contributed by atoms with Crippen molar-refractivity contribution in [1.29, 1.82) is 0 Å². The number of ether oxygens (including phenoxy) is 1. The molecule has 0 saturated heterocycles. The van der Waals surface area contributed by atoms with Gasteiger partial charge in [-0.15, -0.1) is 5.92 Å². The third-order valence-corrected chi connectivity index (χ3v) is 4.70. The fourth-order valence-electron chi connectivity index (χ4n) is 1.70. The number of alkyl halides is 1. The van der Waals surface area contributed by atoms with E-state index in [0.717, 1.165) is 23.7 Å². The summed E-state index contributed by atoms with van der Waals surface area (Å²) in [6, 6.07) is 0. The number of hydrogen-bond acceptors (Lipinski definition) is 3. The molecule has 0 amide bonds. The SMILES string of the molecule is COC(=O)CCCC#C[C@H](Br)[C@@H](O)CCCC/C=C(Br)/C=C\Br. The number of carbonyl (C=O) groups excluding carboxylic acids is 1. The average Bonchev–Trinajstić information content (AvgIpc) is 2.53.